The molecule has 0 spiro atoms. The standard InChI is InChI=1S/C19H31N2O7PS/c1-6-12-21(29(24,26-7-2)27-8-3)30(25)17(20-18(22)23)15-11-9-10-14-13-19(4,5)28-16(14)15/h9-11,17,20H,6-8,12-13H2,1-5H3,(H,22,23)/p-1. The Balaban J connectivity index is 2.53. The summed E-state index contributed by atoms with van der Waals surface area (Å²) in [7, 11) is -6.07. The van der Waals surface area contributed by atoms with Crippen LogP contribution in [0.25, 0.3) is 0 Å². The number of para-hydroxylation sites is 1. The minimum Gasteiger partial charge on any atom is -0.530 e. The summed E-state index contributed by atoms with van der Waals surface area (Å²) in [6.45, 7) is 9.20. The van der Waals surface area contributed by atoms with Gasteiger partial charge >= 0.3 is 7.75 Å². The van der Waals surface area contributed by atoms with Crippen LogP contribution in [0, 0.1) is 0 Å². The molecule has 1 heterocycles. The van der Waals surface area contributed by atoms with E-state index in [4.69, 9.17) is 13.8 Å². The summed E-state index contributed by atoms with van der Waals surface area (Å²) >= 11 is 0. The summed E-state index contributed by atoms with van der Waals surface area (Å²) in [5, 5.41) is 12.4. The molecule has 1 aromatic carbocycles. The molecule has 170 valence electrons. The van der Waals surface area contributed by atoms with Gasteiger partial charge in [0, 0.05) is 18.5 Å². The summed E-state index contributed by atoms with van der Waals surface area (Å²) in [6, 6.07) is 5.26. The lowest BCUT2D eigenvalue weighted by Gasteiger charge is -2.32. The number of hydrogen-bond donors (Lipinski definition) is 1. The van der Waals surface area contributed by atoms with Crippen molar-refractivity contribution in [3.8, 4) is 5.75 Å². The van der Waals surface area contributed by atoms with Crippen molar-refractivity contribution in [3.63, 3.8) is 0 Å². The Kier molecular flexibility index (Phi) is 8.47. The van der Waals surface area contributed by atoms with Crippen LogP contribution in [0.3, 0.4) is 0 Å². The number of benzene rings is 1. The lowest BCUT2D eigenvalue weighted by Crippen LogP contribution is -2.44. The molecule has 1 aliphatic rings. The molecule has 0 fully saturated rings. The Morgan fingerprint density at radius 1 is 1.33 bits per heavy atom. The van der Waals surface area contributed by atoms with Crippen molar-refractivity contribution in [2.45, 2.75) is 58.4 Å². The van der Waals surface area contributed by atoms with Crippen molar-refractivity contribution in [2.75, 3.05) is 19.8 Å². The van der Waals surface area contributed by atoms with Crippen molar-refractivity contribution in [1.82, 2.24) is 9.39 Å². The summed E-state index contributed by atoms with van der Waals surface area (Å²) in [5.41, 5.74) is 0.766. The maximum Gasteiger partial charge on any atom is 0.419 e. The van der Waals surface area contributed by atoms with Crippen molar-refractivity contribution in [3.05, 3.63) is 29.3 Å². The number of hydrogen-bond acceptors (Lipinski definition) is 7. The van der Waals surface area contributed by atoms with Gasteiger partial charge in [0.1, 0.15) is 33.8 Å². The number of ether oxygens (including phenoxy) is 1. The number of amides is 1. The first-order chi connectivity index (χ1) is 14.1. The van der Waals surface area contributed by atoms with Gasteiger partial charge < -0.3 is 20.0 Å². The van der Waals surface area contributed by atoms with E-state index in [1.54, 1.807) is 26.0 Å². The van der Waals surface area contributed by atoms with Crippen molar-refractivity contribution in [1.29, 1.82) is 0 Å². The fourth-order valence-electron chi connectivity index (χ4n) is 3.31. The minimum atomic E-state index is -3.93. The Morgan fingerprint density at radius 2 is 1.97 bits per heavy atom. The Morgan fingerprint density at radius 3 is 2.50 bits per heavy atom. The second kappa shape index (κ2) is 10.2. The monoisotopic (exact) mass is 461 g/mol. The first kappa shape index (κ1) is 24.8. The quantitative estimate of drug-likeness (QED) is 0.504. The number of carbonyl (C=O) groups is 1. The smallest absolute Gasteiger partial charge is 0.419 e. The van der Waals surface area contributed by atoms with Crippen molar-refractivity contribution in [2.24, 2.45) is 0 Å². The highest BCUT2D eigenvalue weighted by molar-refractivity contribution is 7.88. The van der Waals surface area contributed by atoms with Gasteiger partial charge in [0.05, 0.1) is 13.2 Å². The van der Waals surface area contributed by atoms with E-state index in [0.717, 1.165) is 9.64 Å². The highest BCUT2D eigenvalue weighted by Gasteiger charge is 2.42. The van der Waals surface area contributed by atoms with E-state index in [9.17, 15) is 18.7 Å². The second-order valence-corrected chi connectivity index (χ2v) is 11.0. The van der Waals surface area contributed by atoms with Crippen LogP contribution in [0.4, 0.5) is 4.79 Å². The normalized spacial score (nSPS) is 17.3. The van der Waals surface area contributed by atoms with Gasteiger partial charge in [0.15, 0.2) is 0 Å². The average molecular weight is 461 g/mol. The fourth-order valence-corrected chi connectivity index (χ4v) is 7.30. The SMILES string of the molecule is CCCN(S(=O)C(NC(=O)[O-])c1cccc2c1OC(C)(C)C2)P(=O)(OCC)OCC. The first-order valence-electron chi connectivity index (χ1n) is 9.94. The first-order valence-corrected chi connectivity index (χ1v) is 12.6. The van der Waals surface area contributed by atoms with E-state index < -0.39 is 35.8 Å². The molecule has 2 unspecified atom stereocenters. The number of carboxylic acid groups (broad SMARTS) is 1. The van der Waals surface area contributed by atoms with Crippen LogP contribution in [-0.2, 0) is 31.0 Å². The van der Waals surface area contributed by atoms with E-state index in [2.05, 4.69) is 5.32 Å². The molecule has 0 aliphatic carbocycles. The molecular weight excluding hydrogens is 431 g/mol. The van der Waals surface area contributed by atoms with Crippen LogP contribution in [0.15, 0.2) is 18.2 Å². The zero-order valence-corrected chi connectivity index (χ0v) is 19.7. The Hall–Kier alpha value is -1.45. The zero-order valence-electron chi connectivity index (χ0n) is 18.0. The van der Waals surface area contributed by atoms with Crippen LogP contribution in [0.5, 0.6) is 5.75 Å². The maximum absolute atomic E-state index is 13.6. The molecule has 1 N–H and O–H groups in total. The molecule has 9 nitrogen and oxygen atoms in total. The summed E-state index contributed by atoms with van der Waals surface area (Å²) in [5.74, 6) is 0.466. The average Bonchev–Trinajstić information content (AvgIpc) is 2.97. The van der Waals surface area contributed by atoms with Gasteiger partial charge in [-0.2, -0.15) is 0 Å². The van der Waals surface area contributed by atoms with Gasteiger partial charge in [-0.1, -0.05) is 25.1 Å². The summed E-state index contributed by atoms with van der Waals surface area (Å²) < 4.78 is 44.8. The van der Waals surface area contributed by atoms with Gasteiger partial charge in [-0.3, -0.25) is 9.05 Å². The lowest BCUT2D eigenvalue weighted by molar-refractivity contribution is -0.251. The number of nitrogens with one attached hydrogen (secondary N) is 1. The van der Waals surface area contributed by atoms with Crippen LogP contribution in [-0.4, -0.2) is 39.7 Å². The van der Waals surface area contributed by atoms with Gasteiger partial charge in [-0.05, 0) is 39.7 Å². The zero-order chi connectivity index (χ0) is 22.5. The Bertz CT molecular complexity index is 823. The van der Waals surface area contributed by atoms with Crippen LogP contribution in [0.2, 0.25) is 0 Å². The molecular formula is C19H30N2O7PS-. The molecule has 0 saturated carbocycles. The van der Waals surface area contributed by atoms with Gasteiger partial charge in [0.25, 0.3) is 0 Å². The number of fused-ring (bicyclic) bond motifs is 1. The third-order valence-electron chi connectivity index (χ3n) is 4.33. The van der Waals surface area contributed by atoms with Crippen molar-refractivity contribution < 1.29 is 32.5 Å². The molecule has 2 rings (SSSR count). The van der Waals surface area contributed by atoms with E-state index in [-0.39, 0.29) is 19.8 Å². The van der Waals surface area contributed by atoms with Crippen LogP contribution >= 0.6 is 7.75 Å². The highest BCUT2D eigenvalue weighted by Crippen LogP contribution is 2.54. The molecule has 0 aromatic heterocycles. The van der Waals surface area contributed by atoms with Gasteiger partial charge in [-0.25, -0.2) is 8.77 Å². The number of rotatable bonds is 11. The third kappa shape index (κ3) is 5.62. The molecule has 1 amide bonds. The van der Waals surface area contributed by atoms with E-state index >= 15 is 0 Å². The minimum absolute atomic E-state index is 0.0747. The molecule has 2 atom stereocenters. The van der Waals surface area contributed by atoms with Crippen LogP contribution < -0.4 is 15.2 Å². The van der Waals surface area contributed by atoms with E-state index in [1.807, 2.05) is 26.8 Å². The maximum atomic E-state index is 13.6. The molecule has 0 radical (unpaired) electrons. The predicted molar refractivity (Wildman–Crippen MR) is 112 cm³/mol. The molecule has 1 aliphatic heterocycles. The second-order valence-electron chi connectivity index (χ2n) is 7.34. The van der Waals surface area contributed by atoms with E-state index in [1.165, 1.54) is 0 Å². The molecule has 0 bridgehead atoms. The molecule has 1 aromatic rings. The van der Waals surface area contributed by atoms with Gasteiger partial charge in [0.2, 0.25) is 0 Å². The summed E-state index contributed by atoms with van der Waals surface area (Å²) in [6.07, 6.45) is -0.498. The molecule has 11 heteroatoms. The summed E-state index contributed by atoms with van der Waals surface area (Å²) in [4.78, 5) is 11.4. The molecule has 30 heavy (non-hydrogen) atoms. The predicted octanol–water partition coefficient (Wildman–Crippen LogP) is 2.89. The highest BCUT2D eigenvalue weighted by atomic mass is 32.2. The van der Waals surface area contributed by atoms with Crippen molar-refractivity contribution >= 4 is 24.8 Å². The fraction of sp³-hybridized carbons (Fsp3) is 0.632. The third-order valence-corrected chi connectivity index (χ3v) is 8.71. The van der Waals surface area contributed by atoms with E-state index in [0.29, 0.717) is 24.2 Å². The lowest BCUT2D eigenvalue weighted by atomic mass is 10.0. The topological polar surface area (TPSA) is 117 Å². The number of nitrogens with zero attached hydrogens (tertiary/aromatic N) is 1. The van der Waals surface area contributed by atoms with Gasteiger partial charge in [-0.15, -0.1) is 4.08 Å². The largest absolute Gasteiger partial charge is 0.530 e. The molecule has 0 saturated heterocycles. The number of carbonyl (C=O) groups excluding carboxylic acids is 1. The Labute approximate surface area is 180 Å². The van der Waals surface area contributed by atoms with Crippen LogP contribution in [0.1, 0.15) is 57.5 Å².